The molecule has 1 fully saturated rings. The summed E-state index contributed by atoms with van der Waals surface area (Å²) in [6.07, 6.45) is 0. The van der Waals surface area contributed by atoms with E-state index in [1.54, 1.807) is 6.07 Å². The lowest BCUT2D eigenvalue weighted by atomic mass is 9.99. The maximum absolute atomic E-state index is 13.0. The standard InChI is InChI=1S/C26H24N4O4/c31-26-24(22-16-21(30(32)33)9-10-23(22)28-26)25(19-6-2-1-3-7-19)27-20-8-4-5-18(15-20)17-29-11-13-34-14-12-29/h1-10,15-16,27H,11-14,17H2,(H,28,31). The van der Waals surface area contributed by atoms with Crippen LogP contribution in [0, 0.1) is 10.1 Å². The molecule has 3 aromatic carbocycles. The average molecular weight is 457 g/mol. The van der Waals surface area contributed by atoms with Gasteiger partial charge in [0.25, 0.3) is 11.6 Å². The maximum Gasteiger partial charge on any atom is 0.270 e. The van der Waals surface area contributed by atoms with Gasteiger partial charge in [-0.2, -0.15) is 0 Å². The number of non-ortho nitro benzene ring substituents is 1. The van der Waals surface area contributed by atoms with Crippen molar-refractivity contribution in [2.24, 2.45) is 0 Å². The Morgan fingerprint density at radius 2 is 1.82 bits per heavy atom. The molecular formula is C26H24N4O4. The van der Waals surface area contributed by atoms with Crippen molar-refractivity contribution in [3.8, 4) is 0 Å². The molecule has 0 unspecified atom stereocenters. The quantitative estimate of drug-likeness (QED) is 0.325. The molecule has 0 saturated carbocycles. The zero-order valence-corrected chi connectivity index (χ0v) is 18.5. The largest absolute Gasteiger partial charge is 0.379 e. The summed E-state index contributed by atoms with van der Waals surface area (Å²) in [6, 6.07) is 22.0. The van der Waals surface area contributed by atoms with Crippen molar-refractivity contribution in [2.45, 2.75) is 6.54 Å². The summed E-state index contributed by atoms with van der Waals surface area (Å²) in [5.74, 6) is -0.300. The molecular weight excluding hydrogens is 432 g/mol. The number of nitro benzene ring substituents is 1. The Bertz CT molecular complexity index is 1270. The minimum Gasteiger partial charge on any atom is -0.379 e. The number of fused-ring (bicyclic) bond motifs is 1. The Balaban J connectivity index is 1.55. The van der Waals surface area contributed by atoms with E-state index in [0.29, 0.717) is 22.5 Å². The van der Waals surface area contributed by atoms with Crippen LogP contribution in [-0.2, 0) is 16.1 Å². The highest BCUT2D eigenvalue weighted by molar-refractivity contribution is 6.37. The molecule has 5 rings (SSSR count). The zero-order valence-electron chi connectivity index (χ0n) is 18.5. The molecule has 2 N–H and O–H groups in total. The van der Waals surface area contributed by atoms with Gasteiger partial charge in [-0.25, -0.2) is 0 Å². The molecule has 0 radical (unpaired) electrons. The number of morpholine rings is 1. The summed E-state index contributed by atoms with van der Waals surface area (Å²) in [5, 5.41) is 17.7. The zero-order chi connectivity index (χ0) is 23.5. The molecule has 0 aromatic heterocycles. The number of benzene rings is 3. The number of hydrogen-bond donors (Lipinski definition) is 2. The number of nitrogens with zero attached hydrogens (tertiary/aromatic N) is 2. The van der Waals surface area contributed by atoms with Crippen molar-refractivity contribution in [1.29, 1.82) is 0 Å². The van der Waals surface area contributed by atoms with Gasteiger partial charge in [-0.15, -0.1) is 0 Å². The van der Waals surface area contributed by atoms with Gasteiger partial charge in [0.2, 0.25) is 0 Å². The Morgan fingerprint density at radius 3 is 2.59 bits per heavy atom. The average Bonchev–Trinajstić information content (AvgIpc) is 3.18. The van der Waals surface area contributed by atoms with Crippen molar-refractivity contribution >= 4 is 34.2 Å². The van der Waals surface area contributed by atoms with E-state index in [1.165, 1.54) is 12.1 Å². The highest BCUT2D eigenvalue weighted by Crippen LogP contribution is 2.39. The SMILES string of the molecule is O=C1Nc2ccc([N+](=O)[O-])cc2C1=C(Nc1cccc(CN2CCOCC2)c1)c1ccccc1. The highest BCUT2D eigenvalue weighted by atomic mass is 16.6. The van der Waals surface area contributed by atoms with Crippen molar-refractivity contribution in [2.75, 3.05) is 36.9 Å². The minimum atomic E-state index is -0.453. The summed E-state index contributed by atoms with van der Waals surface area (Å²) >= 11 is 0. The predicted octanol–water partition coefficient (Wildman–Crippen LogP) is 4.36. The van der Waals surface area contributed by atoms with Gasteiger partial charge in [-0.1, -0.05) is 42.5 Å². The van der Waals surface area contributed by atoms with E-state index in [9.17, 15) is 14.9 Å². The van der Waals surface area contributed by atoms with Crippen LogP contribution in [0.15, 0.2) is 72.8 Å². The van der Waals surface area contributed by atoms with E-state index in [0.717, 1.165) is 49.7 Å². The maximum atomic E-state index is 13.0. The third-order valence-corrected chi connectivity index (χ3v) is 5.98. The van der Waals surface area contributed by atoms with Gasteiger partial charge in [0.05, 0.1) is 29.4 Å². The fourth-order valence-corrected chi connectivity index (χ4v) is 4.31. The summed E-state index contributed by atoms with van der Waals surface area (Å²) in [7, 11) is 0. The molecule has 3 aromatic rings. The van der Waals surface area contributed by atoms with Crippen LogP contribution in [0.2, 0.25) is 0 Å². The molecule has 1 amide bonds. The fourth-order valence-electron chi connectivity index (χ4n) is 4.31. The van der Waals surface area contributed by atoms with E-state index in [2.05, 4.69) is 27.7 Å². The van der Waals surface area contributed by atoms with E-state index >= 15 is 0 Å². The minimum absolute atomic E-state index is 0.0623. The molecule has 2 aliphatic heterocycles. The van der Waals surface area contributed by atoms with Gasteiger partial charge in [0.1, 0.15) is 0 Å². The van der Waals surface area contributed by atoms with Gasteiger partial charge in [-0.3, -0.25) is 19.8 Å². The Hall–Kier alpha value is -4.01. The van der Waals surface area contributed by atoms with Crippen molar-refractivity contribution in [1.82, 2.24) is 4.90 Å². The van der Waals surface area contributed by atoms with Crippen molar-refractivity contribution in [3.05, 3.63) is 99.6 Å². The van der Waals surface area contributed by atoms with Crippen LogP contribution in [0.5, 0.6) is 0 Å². The normalized spacial score (nSPS) is 17.1. The molecule has 0 aliphatic carbocycles. The Labute approximate surface area is 197 Å². The first-order valence-electron chi connectivity index (χ1n) is 11.1. The Morgan fingerprint density at radius 1 is 1.03 bits per heavy atom. The second-order valence-electron chi connectivity index (χ2n) is 8.27. The second kappa shape index (κ2) is 9.46. The second-order valence-corrected chi connectivity index (χ2v) is 8.27. The first-order valence-corrected chi connectivity index (χ1v) is 11.1. The summed E-state index contributed by atoms with van der Waals surface area (Å²) < 4.78 is 5.44. The monoisotopic (exact) mass is 456 g/mol. The van der Waals surface area contributed by atoms with E-state index in [-0.39, 0.29) is 11.6 Å². The third-order valence-electron chi connectivity index (χ3n) is 5.98. The van der Waals surface area contributed by atoms with Crippen LogP contribution in [0.3, 0.4) is 0 Å². The molecule has 2 aliphatic rings. The molecule has 0 spiro atoms. The molecule has 34 heavy (non-hydrogen) atoms. The first-order chi connectivity index (χ1) is 16.6. The fraction of sp³-hybridized carbons (Fsp3) is 0.192. The number of carbonyl (C=O) groups is 1. The van der Waals surface area contributed by atoms with Crippen LogP contribution >= 0.6 is 0 Å². The van der Waals surface area contributed by atoms with Crippen LogP contribution in [-0.4, -0.2) is 42.0 Å². The number of nitrogens with one attached hydrogen (secondary N) is 2. The lowest BCUT2D eigenvalue weighted by Crippen LogP contribution is -2.35. The highest BCUT2D eigenvalue weighted by Gasteiger charge is 2.30. The molecule has 2 heterocycles. The Kier molecular flexibility index (Phi) is 6.07. The van der Waals surface area contributed by atoms with E-state index in [1.807, 2.05) is 42.5 Å². The predicted molar refractivity (Wildman–Crippen MR) is 131 cm³/mol. The number of carbonyl (C=O) groups excluding carboxylic acids is 1. The molecule has 8 heteroatoms. The van der Waals surface area contributed by atoms with Gasteiger partial charge in [-0.05, 0) is 29.3 Å². The van der Waals surface area contributed by atoms with Crippen LogP contribution in [0.4, 0.5) is 17.1 Å². The van der Waals surface area contributed by atoms with Gasteiger partial charge < -0.3 is 15.4 Å². The smallest absolute Gasteiger partial charge is 0.270 e. The first kappa shape index (κ1) is 21.8. The van der Waals surface area contributed by atoms with Gasteiger partial charge >= 0.3 is 0 Å². The van der Waals surface area contributed by atoms with E-state index < -0.39 is 4.92 Å². The summed E-state index contributed by atoms with van der Waals surface area (Å²) in [6.45, 7) is 4.08. The van der Waals surface area contributed by atoms with Crippen LogP contribution < -0.4 is 10.6 Å². The molecule has 8 nitrogen and oxygen atoms in total. The lowest BCUT2D eigenvalue weighted by Gasteiger charge is -2.26. The van der Waals surface area contributed by atoms with E-state index in [4.69, 9.17) is 4.74 Å². The van der Waals surface area contributed by atoms with Crippen LogP contribution in [0.25, 0.3) is 11.3 Å². The number of hydrogen-bond acceptors (Lipinski definition) is 6. The number of anilines is 2. The number of rotatable bonds is 6. The molecule has 0 bridgehead atoms. The topological polar surface area (TPSA) is 96.7 Å². The molecule has 0 atom stereocenters. The van der Waals surface area contributed by atoms with Crippen molar-refractivity contribution < 1.29 is 14.5 Å². The van der Waals surface area contributed by atoms with Gasteiger partial charge in [0.15, 0.2) is 0 Å². The molecule has 172 valence electrons. The molecule has 1 saturated heterocycles. The third kappa shape index (κ3) is 4.54. The summed E-state index contributed by atoms with van der Waals surface area (Å²) in [4.78, 5) is 26.3. The van der Waals surface area contributed by atoms with Gasteiger partial charge in [0, 0.05) is 48.7 Å². The number of ether oxygens (including phenoxy) is 1. The van der Waals surface area contributed by atoms with Crippen molar-refractivity contribution in [3.63, 3.8) is 0 Å². The lowest BCUT2D eigenvalue weighted by molar-refractivity contribution is -0.384. The van der Waals surface area contributed by atoms with Crippen LogP contribution in [0.1, 0.15) is 16.7 Å². The summed E-state index contributed by atoms with van der Waals surface area (Å²) in [5.41, 5.74) is 4.78. The number of nitro groups is 1. The number of amides is 1.